The van der Waals surface area contributed by atoms with E-state index in [0.29, 0.717) is 32.3 Å². The molecule has 0 bridgehead atoms. The predicted molar refractivity (Wildman–Crippen MR) is 140 cm³/mol. The number of morpholine rings is 1. The van der Waals surface area contributed by atoms with Crippen LogP contribution in [0, 0.1) is 0 Å². The van der Waals surface area contributed by atoms with E-state index in [0.717, 1.165) is 41.1 Å². The summed E-state index contributed by atoms with van der Waals surface area (Å²) in [6.07, 6.45) is 1.38. The first-order valence-electron chi connectivity index (χ1n) is 13.0. The lowest BCUT2D eigenvalue weighted by Gasteiger charge is -2.27. The molecular weight excluding hydrogens is 509 g/mol. The Morgan fingerprint density at radius 2 is 1.74 bits per heavy atom. The van der Waals surface area contributed by atoms with Gasteiger partial charge in [0.05, 0.1) is 36.0 Å². The number of aromatic nitrogens is 4. The van der Waals surface area contributed by atoms with Gasteiger partial charge in [0.2, 0.25) is 0 Å². The van der Waals surface area contributed by atoms with Crippen molar-refractivity contribution in [3.63, 3.8) is 0 Å². The van der Waals surface area contributed by atoms with Crippen molar-refractivity contribution in [3.05, 3.63) is 65.9 Å². The van der Waals surface area contributed by atoms with Crippen molar-refractivity contribution in [3.8, 4) is 11.1 Å². The Morgan fingerprint density at radius 3 is 2.51 bits per heavy atom. The molecule has 1 aliphatic heterocycles. The highest BCUT2D eigenvalue weighted by Gasteiger charge is 2.35. The highest BCUT2D eigenvalue weighted by atomic mass is 19.4. The molecule has 1 saturated heterocycles. The molecule has 1 N–H and O–H groups in total. The van der Waals surface area contributed by atoms with E-state index in [1.54, 1.807) is 12.3 Å². The number of fused-ring (bicyclic) bond motifs is 1. The second-order valence-electron chi connectivity index (χ2n) is 9.89. The van der Waals surface area contributed by atoms with Crippen LogP contribution in [0.2, 0.25) is 0 Å². The summed E-state index contributed by atoms with van der Waals surface area (Å²) in [5.74, 6) is -0.190. The van der Waals surface area contributed by atoms with Crippen molar-refractivity contribution in [1.82, 2.24) is 24.9 Å². The number of nitrogens with zero attached hydrogens (tertiary/aromatic N) is 5. The second kappa shape index (κ2) is 10.3. The number of halogens is 3. The van der Waals surface area contributed by atoms with Crippen LogP contribution in [0.4, 0.5) is 24.7 Å². The molecule has 2 fully saturated rings. The average Bonchev–Trinajstić information content (AvgIpc) is 3.63. The molecule has 2 aromatic carbocycles. The van der Waals surface area contributed by atoms with Gasteiger partial charge in [-0.2, -0.15) is 13.2 Å². The summed E-state index contributed by atoms with van der Waals surface area (Å²) in [6.45, 7) is 1.43. The van der Waals surface area contributed by atoms with Crippen LogP contribution in [0.5, 0.6) is 0 Å². The van der Waals surface area contributed by atoms with Gasteiger partial charge in [-0.1, -0.05) is 24.1 Å². The summed E-state index contributed by atoms with van der Waals surface area (Å²) in [5.41, 5.74) is 2.30. The Hall–Kier alpha value is -3.99. The quantitative estimate of drug-likeness (QED) is 0.345. The molecular formula is C28H27F3N6O2. The van der Waals surface area contributed by atoms with Gasteiger partial charge in [-0.3, -0.25) is 4.79 Å². The summed E-state index contributed by atoms with van der Waals surface area (Å²) in [6, 6.07) is 13.3. The maximum atomic E-state index is 14.0. The number of ether oxygens (including phenoxy) is 1. The molecule has 0 spiro atoms. The number of carbonyl (C=O) groups is 1. The number of alkyl halides is 3. The van der Waals surface area contributed by atoms with E-state index in [1.165, 1.54) is 29.9 Å². The van der Waals surface area contributed by atoms with Crippen LogP contribution in [0.1, 0.15) is 47.6 Å². The van der Waals surface area contributed by atoms with E-state index in [-0.39, 0.29) is 17.1 Å². The zero-order chi connectivity index (χ0) is 27.0. The number of hydrogen-bond donors (Lipinski definition) is 1. The lowest BCUT2D eigenvalue weighted by molar-refractivity contribution is -0.136. The Balaban J connectivity index is 1.29. The lowest BCUT2D eigenvalue weighted by atomic mass is 10.0. The minimum absolute atomic E-state index is 0.0164. The fourth-order valence-electron chi connectivity index (χ4n) is 5.32. The molecule has 0 atom stereocenters. The van der Waals surface area contributed by atoms with Crippen LogP contribution in [0.25, 0.3) is 22.2 Å². The van der Waals surface area contributed by atoms with Gasteiger partial charge in [0.15, 0.2) is 0 Å². The summed E-state index contributed by atoms with van der Waals surface area (Å²) in [7, 11) is 0. The van der Waals surface area contributed by atoms with Crippen molar-refractivity contribution < 1.29 is 22.7 Å². The number of pyridine rings is 1. The monoisotopic (exact) mass is 536 g/mol. The van der Waals surface area contributed by atoms with Crippen LogP contribution < -0.4 is 5.32 Å². The minimum atomic E-state index is -4.67. The minimum Gasteiger partial charge on any atom is -0.378 e. The number of nitrogens with one attached hydrogen (secondary N) is 1. The number of rotatable bonds is 5. The molecule has 2 aliphatic rings. The third-order valence-corrected chi connectivity index (χ3v) is 7.37. The SMILES string of the molecule is O=C(c1ccc(Nc2cc(-c3ccc4nnn(C5CCCC5)c4c3)ccn2)c(C(F)(F)F)c1)N1CCOCC1. The molecule has 0 radical (unpaired) electrons. The van der Waals surface area contributed by atoms with Gasteiger partial charge in [0.1, 0.15) is 11.3 Å². The third kappa shape index (κ3) is 5.18. The Kier molecular flexibility index (Phi) is 6.68. The van der Waals surface area contributed by atoms with Crippen molar-refractivity contribution in [2.75, 3.05) is 31.6 Å². The highest BCUT2D eigenvalue weighted by molar-refractivity contribution is 5.95. The molecule has 1 amide bonds. The maximum absolute atomic E-state index is 14.0. The first-order chi connectivity index (χ1) is 18.9. The summed E-state index contributed by atoms with van der Waals surface area (Å²) >= 11 is 0. The van der Waals surface area contributed by atoms with E-state index < -0.39 is 17.6 Å². The maximum Gasteiger partial charge on any atom is 0.418 e. The molecule has 202 valence electrons. The normalized spacial score (nSPS) is 16.6. The predicted octanol–water partition coefficient (Wildman–Crippen LogP) is 5.84. The van der Waals surface area contributed by atoms with Crippen LogP contribution in [-0.2, 0) is 10.9 Å². The Morgan fingerprint density at radius 1 is 0.974 bits per heavy atom. The van der Waals surface area contributed by atoms with Crippen LogP contribution in [0.3, 0.4) is 0 Å². The summed E-state index contributed by atoms with van der Waals surface area (Å²) in [5, 5.41) is 11.5. The van der Waals surface area contributed by atoms with E-state index >= 15 is 0 Å². The highest BCUT2D eigenvalue weighted by Crippen LogP contribution is 2.38. The molecule has 39 heavy (non-hydrogen) atoms. The average molecular weight is 537 g/mol. The van der Waals surface area contributed by atoms with Gasteiger partial charge in [0.25, 0.3) is 5.91 Å². The van der Waals surface area contributed by atoms with Crippen LogP contribution in [-0.4, -0.2) is 57.1 Å². The van der Waals surface area contributed by atoms with E-state index in [1.807, 2.05) is 28.9 Å². The molecule has 0 unspecified atom stereocenters. The van der Waals surface area contributed by atoms with Gasteiger partial charge < -0.3 is 15.0 Å². The molecule has 4 aromatic rings. The number of benzene rings is 2. The van der Waals surface area contributed by atoms with Crippen molar-refractivity contribution in [2.45, 2.75) is 37.9 Å². The van der Waals surface area contributed by atoms with E-state index in [2.05, 4.69) is 20.6 Å². The zero-order valence-corrected chi connectivity index (χ0v) is 21.1. The Labute approximate surface area is 222 Å². The number of anilines is 2. The van der Waals surface area contributed by atoms with Gasteiger partial charge in [0, 0.05) is 24.8 Å². The molecule has 2 aromatic heterocycles. The number of hydrogen-bond acceptors (Lipinski definition) is 6. The number of carbonyl (C=O) groups excluding carboxylic acids is 1. The molecule has 1 saturated carbocycles. The fraction of sp³-hybridized carbons (Fsp3) is 0.357. The van der Waals surface area contributed by atoms with Crippen molar-refractivity contribution in [2.24, 2.45) is 0 Å². The molecule has 8 nitrogen and oxygen atoms in total. The van der Waals surface area contributed by atoms with Crippen molar-refractivity contribution in [1.29, 1.82) is 0 Å². The molecule has 11 heteroatoms. The number of amides is 1. The van der Waals surface area contributed by atoms with Crippen LogP contribution >= 0.6 is 0 Å². The largest absolute Gasteiger partial charge is 0.418 e. The zero-order valence-electron chi connectivity index (χ0n) is 21.1. The van der Waals surface area contributed by atoms with Gasteiger partial charge in [-0.15, -0.1) is 5.10 Å². The smallest absolute Gasteiger partial charge is 0.378 e. The summed E-state index contributed by atoms with van der Waals surface area (Å²) in [4.78, 5) is 18.5. The van der Waals surface area contributed by atoms with E-state index in [9.17, 15) is 18.0 Å². The standard InChI is InChI=1S/C28H27F3N6O2/c29-28(30,31)22-15-20(27(38)36-11-13-39-14-12-36)6-7-23(22)33-26-17-19(9-10-32-26)18-5-8-24-25(16-18)37(35-34-24)21-3-1-2-4-21/h5-10,15-17,21H,1-4,11-14H2,(H,32,33). The van der Waals surface area contributed by atoms with E-state index in [4.69, 9.17) is 4.74 Å². The Bertz CT molecular complexity index is 1510. The van der Waals surface area contributed by atoms with Crippen LogP contribution in [0.15, 0.2) is 54.7 Å². The van der Waals surface area contributed by atoms with Gasteiger partial charge in [-0.25, -0.2) is 9.67 Å². The topological polar surface area (TPSA) is 85.2 Å². The van der Waals surface area contributed by atoms with Crippen molar-refractivity contribution >= 4 is 28.4 Å². The van der Waals surface area contributed by atoms with Gasteiger partial charge >= 0.3 is 6.18 Å². The first-order valence-corrected chi connectivity index (χ1v) is 13.0. The first kappa shape index (κ1) is 25.3. The third-order valence-electron chi connectivity index (χ3n) is 7.37. The summed E-state index contributed by atoms with van der Waals surface area (Å²) < 4.78 is 49.4. The fourth-order valence-corrected chi connectivity index (χ4v) is 5.32. The molecule has 1 aliphatic carbocycles. The molecule has 3 heterocycles. The van der Waals surface area contributed by atoms with Gasteiger partial charge in [-0.05, 0) is 66.4 Å². The lowest BCUT2D eigenvalue weighted by Crippen LogP contribution is -2.40. The molecule has 6 rings (SSSR count). The second-order valence-corrected chi connectivity index (χ2v) is 9.89.